The zero-order chi connectivity index (χ0) is 13.2. The molecule has 0 amide bonds. The first kappa shape index (κ1) is 13.9. The fourth-order valence-electron chi connectivity index (χ4n) is 1.68. The molecule has 98 valence electrons. The van der Waals surface area contributed by atoms with Crippen LogP contribution in [-0.4, -0.2) is 52.9 Å². The van der Waals surface area contributed by atoms with Crippen LogP contribution in [-0.2, 0) is 23.8 Å². The molecule has 1 aliphatic heterocycles. The van der Waals surface area contributed by atoms with Crippen LogP contribution in [0.5, 0.6) is 0 Å². The average molecular weight is 248 g/mol. The summed E-state index contributed by atoms with van der Waals surface area (Å²) in [6, 6.07) is 0. The smallest absolute Gasteiger partial charge is 0.303 e. The monoisotopic (exact) mass is 248 g/mol. The summed E-state index contributed by atoms with van der Waals surface area (Å²) < 4.78 is 14.7. The second-order valence-corrected chi connectivity index (χ2v) is 3.87. The topological polar surface area (TPSA) is 102 Å². The van der Waals surface area contributed by atoms with Gasteiger partial charge in [0, 0.05) is 13.8 Å². The molecule has 0 aromatic carbocycles. The zero-order valence-corrected chi connectivity index (χ0v) is 9.82. The van der Waals surface area contributed by atoms with E-state index < -0.39 is 42.6 Å². The quantitative estimate of drug-likeness (QED) is 0.601. The Morgan fingerprint density at radius 2 is 1.53 bits per heavy atom. The Bertz CT molecular complexity index is 303. The molecule has 2 N–H and O–H groups in total. The van der Waals surface area contributed by atoms with Gasteiger partial charge in [-0.2, -0.15) is 0 Å². The van der Waals surface area contributed by atoms with Crippen LogP contribution >= 0.6 is 0 Å². The van der Waals surface area contributed by atoms with E-state index in [1.54, 1.807) is 6.92 Å². The van der Waals surface area contributed by atoms with Crippen LogP contribution in [0.15, 0.2) is 0 Å². The number of esters is 2. The largest absolute Gasteiger partial charge is 0.456 e. The predicted molar refractivity (Wildman–Crippen MR) is 53.7 cm³/mol. The summed E-state index contributed by atoms with van der Waals surface area (Å²) >= 11 is 0. The van der Waals surface area contributed by atoms with Gasteiger partial charge >= 0.3 is 11.9 Å². The predicted octanol–water partition coefficient (Wildman–Crippen LogP) is -1.05. The molecule has 7 nitrogen and oxygen atoms in total. The molecule has 0 bridgehead atoms. The summed E-state index contributed by atoms with van der Waals surface area (Å²) in [4.78, 5) is 21.8. The van der Waals surface area contributed by atoms with Crippen molar-refractivity contribution in [2.45, 2.75) is 51.5 Å². The van der Waals surface area contributed by atoms with Crippen LogP contribution < -0.4 is 0 Å². The Labute approximate surface area is 98.3 Å². The normalized spacial score (nSPS) is 37.4. The van der Waals surface area contributed by atoms with E-state index >= 15 is 0 Å². The molecule has 5 atom stereocenters. The molecular formula is C10H16O7. The number of carbonyl (C=O) groups is 2. The Kier molecular flexibility index (Phi) is 4.44. The second kappa shape index (κ2) is 5.44. The third-order valence-corrected chi connectivity index (χ3v) is 2.37. The minimum absolute atomic E-state index is 0.591. The number of ether oxygens (including phenoxy) is 3. The molecule has 1 heterocycles. The number of hydrogen-bond acceptors (Lipinski definition) is 7. The van der Waals surface area contributed by atoms with Crippen molar-refractivity contribution in [2.24, 2.45) is 0 Å². The van der Waals surface area contributed by atoms with Crippen molar-refractivity contribution in [1.29, 1.82) is 0 Å². The lowest BCUT2D eigenvalue weighted by Crippen LogP contribution is -2.59. The van der Waals surface area contributed by atoms with E-state index in [0.29, 0.717) is 0 Å². The number of carbonyl (C=O) groups excluding carboxylic acids is 2. The van der Waals surface area contributed by atoms with Gasteiger partial charge in [-0.05, 0) is 6.92 Å². The van der Waals surface area contributed by atoms with E-state index in [2.05, 4.69) is 0 Å². The van der Waals surface area contributed by atoms with Crippen molar-refractivity contribution < 1.29 is 34.0 Å². The average Bonchev–Trinajstić information content (AvgIpc) is 2.19. The molecule has 1 saturated heterocycles. The summed E-state index contributed by atoms with van der Waals surface area (Å²) in [5, 5.41) is 19.0. The van der Waals surface area contributed by atoms with Gasteiger partial charge in [-0.3, -0.25) is 9.59 Å². The minimum atomic E-state index is -1.49. The maximum absolute atomic E-state index is 10.9. The minimum Gasteiger partial charge on any atom is -0.456 e. The summed E-state index contributed by atoms with van der Waals surface area (Å²) in [6.07, 6.45) is -5.73. The van der Waals surface area contributed by atoms with Gasteiger partial charge in [0.25, 0.3) is 0 Å². The summed E-state index contributed by atoms with van der Waals surface area (Å²) in [5.41, 5.74) is 0. The molecule has 1 aliphatic rings. The lowest BCUT2D eigenvalue weighted by molar-refractivity contribution is -0.284. The summed E-state index contributed by atoms with van der Waals surface area (Å²) in [6.45, 7) is 3.89. The maximum atomic E-state index is 10.9. The van der Waals surface area contributed by atoms with Gasteiger partial charge in [0.2, 0.25) is 0 Å². The van der Waals surface area contributed by atoms with Crippen molar-refractivity contribution in [3.05, 3.63) is 0 Å². The Morgan fingerprint density at radius 3 is 2.00 bits per heavy atom. The third kappa shape index (κ3) is 3.39. The third-order valence-electron chi connectivity index (χ3n) is 2.37. The lowest BCUT2D eigenvalue weighted by atomic mass is 9.99. The van der Waals surface area contributed by atoms with Crippen molar-refractivity contribution >= 4 is 11.9 Å². The van der Waals surface area contributed by atoms with Gasteiger partial charge < -0.3 is 24.4 Å². The van der Waals surface area contributed by atoms with E-state index in [0.717, 1.165) is 6.92 Å². The molecule has 1 fully saturated rings. The standard InChI is InChI=1S/C10H16O7/c1-4-8(16-5(2)11)9(17-6(3)12)7(13)10(14)15-4/h4,7-10,13-14H,1-3H3/t4-,7-,8+,9-,10+/m0/s1. The number of aliphatic hydroxyl groups excluding tert-OH is 2. The molecule has 0 radical (unpaired) electrons. The molecule has 0 spiro atoms. The van der Waals surface area contributed by atoms with Crippen molar-refractivity contribution in [3.63, 3.8) is 0 Å². The fraction of sp³-hybridized carbons (Fsp3) is 0.800. The summed E-state index contributed by atoms with van der Waals surface area (Å²) in [7, 11) is 0. The zero-order valence-electron chi connectivity index (χ0n) is 9.82. The SMILES string of the molecule is CC(=O)O[C@H]1[C@H](O)[C@H](O)O[C@@H](C)[C@H]1OC(C)=O. The Morgan fingerprint density at radius 1 is 1.06 bits per heavy atom. The van der Waals surface area contributed by atoms with Gasteiger partial charge in [0.1, 0.15) is 6.10 Å². The van der Waals surface area contributed by atoms with Gasteiger partial charge in [-0.15, -0.1) is 0 Å². The Balaban J connectivity index is 2.86. The molecule has 7 heteroatoms. The lowest BCUT2D eigenvalue weighted by Gasteiger charge is -2.40. The van der Waals surface area contributed by atoms with Crippen LogP contribution in [0.4, 0.5) is 0 Å². The van der Waals surface area contributed by atoms with Crippen molar-refractivity contribution in [1.82, 2.24) is 0 Å². The summed E-state index contributed by atoms with van der Waals surface area (Å²) in [5.74, 6) is -1.24. The highest BCUT2D eigenvalue weighted by Crippen LogP contribution is 2.24. The molecular weight excluding hydrogens is 232 g/mol. The van der Waals surface area contributed by atoms with Crippen molar-refractivity contribution in [3.8, 4) is 0 Å². The highest BCUT2D eigenvalue weighted by Gasteiger charge is 2.46. The van der Waals surface area contributed by atoms with Crippen LogP contribution in [0.1, 0.15) is 20.8 Å². The Hall–Kier alpha value is -1.18. The van der Waals surface area contributed by atoms with Crippen molar-refractivity contribution in [2.75, 3.05) is 0 Å². The fourth-order valence-corrected chi connectivity index (χ4v) is 1.68. The van der Waals surface area contributed by atoms with Gasteiger partial charge in [0.15, 0.2) is 18.5 Å². The molecule has 0 aromatic rings. The van der Waals surface area contributed by atoms with Gasteiger partial charge in [0.05, 0.1) is 6.10 Å². The second-order valence-electron chi connectivity index (χ2n) is 3.87. The van der Waals surface area contributed by atoms with E-state index in [1.807, 2.05) is 0 Å². The van der Waals surface area contributed by atoms with E-state index in [1.165, 1.54) is 6.92 Å². The highest BCUT2D eigenvalue weighted by molar-refractivity contribution is 5.67. The van der Waals surface area contributed by atoms with E-state index in [9.17, 15) is 19.8 Å². The molecule has 0 aliphatic carbocycles. The van der Waals surface area contributed by atoms with Crippen LogP contribution in [0.25, 0.3) is 0 Å². The molecule has 0 aromatic heterocycles. The van der Waals surface area contributed by atoms with Gasteiger partial charge in [-0.25, -0.2) is 0 Å². The number of rotatable bonds is 2. The molecule has 0 unspecified atom stereocenters. The molecule has 0 saturated carbocycles. The highest BCUT2D eigenvalue weighted by atomic mass is 16.7. The van der Waals surface area contributed by atoms with Crippen LogP contribution in [0, 0.1) is 0 Å². The number of hydrogen-bond donors (Lipinski definition) is 2. The first-order chi connectivity index (χ1) is 7.82. The molecule has 17 heavy (non-hydrogen) atoms. The first-order valence-corrected chi connectivity index (χ1v) is 5.19. The first-order valence-electron chi connectivity index (χ1n) is 5.19. The maximum Gasteiger partial charge on any atom is 0.303 e. The molecule has 1 rings (SSSR count). The van der Waals surface area contributed by atoms with Crippen LogP contribution in [0.2, 0.25) is 0 Å². The van der Waals surface area contributed by atoms with E-state index in [4.69, 9.17) is 14.2 Å². The van der Waals surface area contributed by atoms with E-state index in [-0.39, 0.29) is 0 Å². The number of aliphatic hydroxyl groups is 2. The van der Waals surface area contributed by atoms with Gasteiger partial charge in [-0.1, -0.05) is 0 Å². The van der Waals surface area contributed by atoms with Crippen LogP contribution in [0.3, 0.4) is 0 Å².